The van der Waals surface area contributed by atoms with Crippen LogP contribution in [0.15, 0.2) is 28.9 Å². The van der Waals surface area contributed by atoms with Gasteiger partial charge in [0.25, 0.3) is 0 Å². The van der Waals surface area contributed by atoms with E-state index in [2.05, 4.69) is 0 Å². The van der Waals surface area contributed by atoms with Crippen LogP contribution in [0.2, 0.25) is 0 Å². The number of benzene rings is 1. The number of hydrogen-bond donors (Lipinski definition) is 1. The van der Waals surface area contributed by atoms with E-state index < -0.39 is 0 Å². The third-order valence-corrected chi connectivity index (χ3v) is 1.95. The molecular formula is C10H8O3. The SMILES string of the molecule is CC(=O)c1cc2occc2cc1O. The molecule has 0 unspecified atom stereocenters. The van der Waals surface area contributed by atoms with Gasteiger partial charge in [0.05, 0.1) is 11.8 Å². The number of phenols is 1. The minimum absolute atomic E-state index is 0.00130. The highest BCUT2D eigenvalue weighted by Gasteiger charge is 2.09. The fourth-order valence-electron chi connectivity index (χ4n) is 1.28. The van der Waals surface area contributed by atoms with E-state index in [-0.39, 0.29) is 11.5 Å². The number of carbonyl (C=O) groups excluding carboxylic acids is 1. The second kappa shape index (κ2) is 2.62. The molecule has 3 heteroatoms. The number of Topliss-reactive ketones (excluding diaryl/α,β-unsaturated/α-hetero) is 1. The van der Waals surface area contributed by atoms with E-state index in [1.54, 1.807) is 12.1 Å². The summed E-state index contributed by atoms with van der Waals surface area (Å²) < 4.78 is 5.10. The molecule has 1 N–H and O–H groups in total. The van der Waals surface area contributed by atoms with E-state index in [9.17, 15) is 9.90 Å². The van der Waals surface area contributed by atoms with Gasteiger partial charge in [-0.1, -0.05) is 0 Å². The fourth-order valence-corrected chi connectivity index (χ4v) is 1.28. The molecule has 0 saturated heterocycles. The average molecular weight is 176 g/mol. The number of rotatable bonds is 1. The Bertz CT molecular complexity index is 468. The summed E-state index contributed by atoms with van der Waals surface area (Å²) in [6.07, 6.45) is 1.52. The molecule has 0 radical (unpaired) electrons. The number of furan rings is 1. The Morgan fingerprint density at radius 1 is 1.46 bits per heavy atom. The van der Waals surface area contributed by atoms with E-state index in [1.165, 1.54) is 19.3 Å². The van der Waals surface area contributed by atoms with Gasteiger partial charge in [0.1, 0.15) is 11.3 Å². The molecule has 1 aromatic carbocycles. The molecule has 0 bridgehead atoms. The summed E-state index contributed by atoms with van der Waals surface area (Å²) in [6.45, 7) is 1.41. The average Bonchev–Trinajstić information content (AvgIpc) is 2.48. The zero-order chi connectivity index (χ0) is 9.42. The van der Waals surface area contributed by atoms with Crippen LogP contribution in [-0.2, 0) is 0 Å². The fraction of sp³-hybridized carbons (Fsp3) is 0.100. The molecule has 0 saturated carbocycles. The Morgan fingerprint density at radius 2 is 2.23 bits per heavy atom. The lowest BCUT2D eigenvalue weighted by Crippen LogP contribution is -1.91. The van der Waals surface area contributed by atoms with Crippen molar-refractivity contribution in [1.82, 2.24) is 0 Å². The molecule has 13 heavy (non-hydrogen) atoms. The molecule has 2 rings (SSSR count). The van der Waals surface area contributed by atoms with Crippen molar-refractivity contribution in [3.05, 3.63) is 30.0 Å². The number of fused-ring (bicyclic) bond motifs is 1. The lowest BCUT2D eigenvalue weighted by Gasteiger charge is -1.99. The zero-order valence-corrected chi connectivity index (χ0v) is 7.07. The second-order valence-corrected chi connectivity index (χ2v) is 2.88. The summed E-state index contributed by atoms with van der Waals surface area (Å²) >= 11 is 0. The van der Waals surface area contributed by atoms with E-state index in [4.69, 9.17) is 4.42 Å². The first kappa shape index (κ1) is 7.86. The topological polar surface area (TPSA) is 50.4 Å². The van der Waals surface area contributed by atoms with Crippen LogP contribution >= 0.6 is 0 Å². The standard InChI is InChI=1S/C10H8O3/c1-6(11)8-5-10-7(2-3-13-10)4-9(8)12/h2-5,12H,1H3. The lowest BCUT2D eigenvalue weighted by atomic mass is 10.1. The van der Waals surface area contributed by atoms with Crippen LogP contribution in [-0.4, -0.2) is 10.9 Å². The normalized spacial score (nSPS) is 10.5. The van der Waals surface area contributed by atoms with E-state index in [0.29, 0.717) is 11.1 Å². The van der Waals surface area contributed by atoms with Crippen molar-refractivity contribution >= 4 is 16.8 Å². The van der Waals surface area contributed by atoms with Crippen molar-refractivity contribution < 1.29 is 14.3 Å². The van der Waals surface area contributed by atoms with Gasteiger partial charge in [-0.3, -0.25) is 4.79 Å². The number of hydrogen-bond acceptors (Lipinski definition) is 3. The van der Waals surface area contributed by atoms with Crippen LogP contribution in [0.1, 0.15) is 17.3 Å². The Labute approximate surface area is 74.6 Å². The van der Waals surface area contributed by atoms with Crippen LogP contribution in [0, 0.1) is 0 Å². The van der Waals surface area contributed by atoms with Gasteiger partial charge >= 0.3 is 0 Å². The van der Waals surface area contributed by atoms with Crippen molar-refractivity contribution in [1.29, 1.82) is 0 Å². The smallest absolute Gasteiger partial charge is 0.163 e. The minimum atomic E-state index is -0.171. The highest BCUT2D eigenvalue weighted by molar-refractivity contribution is 6.00. The molecule has 1 aromatic heterocycles. The van der Waals surface area contributed by atoms with Gasteiger partial charge in [0.2, 0.25) is 0 Å². The highest BCUT2D eigenvalue weighted by Crippen LogP contribution is 2.25. The van der Waals surface area contributed by atoms with Crippen LogP contribution in [0.25, 0.3) is 11.0 Å². The molecule has 0 aliphatic heterocycles. The molecule has 0 atom stereocenters. The summed E-state index contributed by atoms with van der Waals surface area (Å²) in [4.78, 5) is 11.0. The molecule has 2 aromatic rings. The van der Waals surface area contributed by atoms with Crippen molar-refractivity contribution in [2.45, 2.75) is 6.92 Å². The molecule has 0 fully saturated rings. The zero-order valence-electron chi connectivity index (χ0n) is 7.07. The van der Waals surface area contributed by atoms with Crippen LogP contribution < -0.4 is 0 Å². The number of carbonyl (C=O) groups is 1. The third kappa shape index (κ3) is 1.18. The first-order chi connectivity index (χ1) is 6.18. The summed E-state index contributed by atoms with van der Waals surface area (Å²) in [5.74, 6) is -0.169. The van der Waals surface area contributed by atoms with Gasteiger partial charge < -0.3 is 9.52 Å². The van der Waals surface area contributed by atoms with Gasteiger partial charge in [0.15, 0.2) is 5.78 Å². The first-order valence-electron chi connectivity index (χ1n) is 3.89. The second-order valence-electron chi connectivity index (χ2n) is 2.88. The van der Waals surface area contributed by atoms with Gasteiger partial charge in [0, 0.05) is 5.39 Å². The summed E-state index contributed by atoms with van der Waals surface area (Å²) in [6, 6.07) is 4.81. The van der Waals surface area contributed by atoms with E-state index in [0.717, 1.165) is 5.39 Å². The molecule has 0 spiro atoms. The number of aromatic hydroxyl groups is 1. The Morgan fingerprint density at radius 3 is 2.92 bits per heavy atom. The molecule has 3 nitrogen and oxygen atoms in total. The summed E-state index contributed by atoms with van der Waals surface area (Å²) in [5, 5.41) is 10.2. The molecule has 0 aliphatic rings. The third-order valence-electron chi connectivity index (χ3n) is 1.95. The maximum atomic E-state index is 11.0. The quantitative estimate of drug-likeness (QED) is 0.678. The van der Waals surface area contributed by atoms with E-state index in [1.807, 2.05) is 0 Å². The molecule has 0 amide bonds. The van der Waals surface area contributed by atoms with Crippen LogP contribution in [0.4, 0.5) is 0 Å². The molecule has 1 heterocycles. The van der Waals surface area contributed by atoms with Crippen molar-refractivity contribution in [3.63, 3.8) is 0 Å². The number of ketones is 1. The van der Waals surface area contributed by atoms with Gasteiger partial charge in [-0.15, -0.1) is 0 Å². The number of phenolic OH excluding ortho intramolecular Hbond substituents is 1. The van der Waals surface area contributed by atoms with Crippen LogP contribution in [0.5, 0.6) is 5.75 Å². The maximum absolute atomic E-state index is 11.0. The predicted molar refractivity (Wildman–Crippen MR) is 47.9 cm³/mol. The Balaban J connectivity index is 2.76. The van der Waals surface area contributed by atoms with E-state index >= 15 is 0 Å². The van der Waals surface area contributed by atoms with Crippen LogP contribution in [0.3, 0.4) is 0 Å². The maximum Gasteiger partial charge on any atom is 0.163 e. The Hall–Kier alpha value is -1.77. The van der Waals surface area contributed by atoms with Crippen molar-refractivity contribution in [3.8, 4) is 5.75 Å². The minimum Gasteiger partial charge on any atom is -0.507 e. The molecule has 66 valence electrons. The summed E-state index contributed by atoms with van der Waals surface area (Å²) in [7, 11) is 0. The van der Waals surface area contributed by atoms with Crippen molar-refractivity contribution in [2.75, 3.05) is 0 Å². The monoisotopic (exact) mass is 176 g/mol. The highest BCUT2D eigenvalue weighted by atomic mass is 16.3. The van der Waals surface area contributed by atoms with Gasteiger partial charge in [-0.2, -0.15) is 0 Å². The van der Waals surface area contributed by atoms with Gasteiger partial charge in [-0.05, 0) is 25.1 Å². The Kier molecular flexibility index (Phi) is 1.59. The summed E-state index contributed by atoms with van der Waals surface area (Å²) in [5.41, 5.74) is 0.908. The lowest BCUT2D eigenvalue weighted by molar-refractivity contribution is 0.101. The van der Waals surface area contributed by atoms with Crippen molar-refractivity contribution in [2.24, 2.45) is 0 Å². The van der Waals surface area contributed by atoms with Gasteiger partial charge in [-0.25, -0.2) is 0 Å². The first-order valence-corrected chi connectivity index (χ1v) is 3.89. The largest absolute Gasteiger partial charge is 0.507 e. The molecular weight excluding hydrogens is 168 g/mol. The molecule has 0 aliphatic carbocycles. The predicted octanol–water partition coefficient (Wildman–Crippen LogP) is 2.34.